The summed E-state index contributed by atoms with van der Waals surface area (Å²) in [7, 11) is 0. The molecule has 2 aromatic carbocycles. The number of unbranched alkanes of at least 4 members (excludes halogenated alkanes) is 1. The number of benzene rings is 2. The summed E-state index contributed by atoms with van der Waals surface area (Å²) < 4.78 is 22.0. The van der Waals surface area contributed by atoms with Crippen molar-refractivity contribution in [1.29, 1.82) is 0 Å². The van der Waals surface area contributed by atoms with Crippen LogP contribution < -0.4 is 10.3 Å². The standard InChI is InChI=1S/C27H29FN2O4/c1-5-6-13-34-23-21-14-17(28)11-12-20(21)26(33)30(16-27(2,3)4)22(23)15-29-24(31)18-9-7-8-10-19(18)25(29)32/h7-12,14H,5-6,13,15-16H2,1-4H3. The SMILES string of the molecule is CCCCOc1c(CN2C(=O)c3ccccc3C2=O)n(CC(C)(C)C)c(=O)c2ccc(F)cc12. The molecular weight excluding hydrogens is 435 g/mol. The van der Waals surface area contributed by atoms with Crippen LogP contribution in [0, 0.1) is 11.2 Å². The van der Waals surface area contributed by atoms with Crippen LogP contribution in [0.1, 0.15) is 66.9 Å². The zero-order chi connectivity index (χ0) is 24.6. The van der Waals surface area contributed by atoms with Crippen molar-refractivity contribution in [1.82, 2.24) is 9.47 Å². The van der Waals surface area contributed by atoms with E-state index in [0.29, 0.717) is 46.5 Å². The van der Waals surface area contributed by atoms with E-state index in [9.17, 15) is 18.8 Å². The van der Waals surface area contributed by atoms with Gasteiger partial charge in [-0.15, -0.1) is 0 Å². The summed E-state index contributed by atoms with van der Waals surface area (Å²) in [5.41, 5.74) is 0.465. The minimum Gasteiger partial charge on any atom is -0.491 e. The van der Waals surface area contributed by atoms with E-state index in [1.54, 1.807) is 28.8 Å². The number of pyridine rings is 1. The van der Waals surface area contributed by atoms with E-state index in [2.05, 4.69) is 0 Å². The zero-order valence-corrected chi connectivity index (χ0v) is 20.0. The Morgan fingerprint density at radius 2 is 1.59 bits per heavy atom. The Morgan fingerprint density at radius 1 is 0.941 bits per heavy atom. The number of imide groups is 1. The molecule has 0 spiro atoms. The summed E-state index contributed by atoms with van der Waals surface area (Å²) in [6, 6.07) is 10.7. The fourth-order valence-corrected chi connectivity index (χ4v) is 4.25. The summed E-state index contributed by atoms with van der Waals surface area (Å²) in [6.07, 6.45) is 1.66. The summed E-state index contributed by atoms with van der Waals surface area (Å²) in [4.78, 5) is 40.9. The monoisotopic (exact) mass is 464 g/mol. The summed E-state index contributed by atoms with van der Waals surface area (Å²) in [5.74, 6) is -1.00. The van der Waals surface area contributed by atoms with Gasteiger partial charge in [0.05, 0.1) is 35.4 Å². The average Bonchev–Trinajstić information content (AvgIpc) is 3.02. The average molecular weight is 465 g/mol. The van der Waals surface area contributed by atoms with Crippen molar-refractivity contribution < 1.29 is 18.7 Å². The molecule has 178 valence electrons. The fourth-order valence-electron chi connectivity index (χ4n) is 4.25. The third kappa shape index (κ3) is 4.34. The molecule has 7 heteroatoms. The molecule has 0 saturated carbocycles. The molecule has 1 aromatic heterocycles. The molecule has 0 saturated heterocycles. The van der Waals surface area contributed by atoms with Crippen LogP contribution in [0.3, 0.4) is 0 Å². The molecule has 3 aromatic rings. The predicted octanol–water partition coefficient (Wildman–Crippen LogP) is 5.16. The van der Waals surface area contributed by atoms with E-state index in [1.165, 1.54) is 18.2 Å². The van der Waals surface area contributed by atoms with Gasteiger partial charge in [0.15, 0.2) is 0 Å². The molecule has 0 aliphatic carbocycles. The lowest BCUT2D eigenvalue weighted by Crippen LogP contribution is -2.36. The quantitative estimate of drug-likeness (QED) is 0.358. The molecule has 0 atom stereocenters. The Hall–Kier alpha value is -3.48. The lowest BCUT2D eigenvalue weighted by Gasteiger charge is -2.27. The van der Waals surface area contributed by atoms with E-state index >= 15 is 0 Å². The van der Waals surface area contributed by atoms with Gasteiger partial charge in [-0.2, -0.15) is 0 Å². The highest BCUT2D eigenvalue weighted by molar-refractivity contribution is 6.21. The van der Waals surface area contributed by atoms with Crippen molar-refractivity contribution in [2.24, 2.45) is 5.41 Å². The van der Waals surface area contributed by atoms with Gasteiger partial charge < -0.3 is 9.30 Å². The van der Waals surface area contributed by atoms with Gasteiger partial charge in [0.25, 0.3) is 17.4 Å². The molecule has 0 fully saturated rings. The molecule has 4 rings (SSSR count). The molecule has 34 heavy (non-hydrogen) atoms. The number of hydrogen-bond acceptors (Lipinski definition) is 4. The second-order valence-corrected chi connectivity index (χ2v) is 9.86. The number of fused-ring (bicyclic) bond motifs is 2. The van der Waals surface area contributed by atoms with Crippen molar-refractivity contribution in [2.45, 2.75) is 53.6 Å². The van der Waals surface area contributed by atoms with E-state index in [-0.39, 0.29) is 17.5 Å². The first-order valence-electron chi connectivity index (χ1n) is 11.6. The van der Waals surface area contributed by atoms with Crippen molar-refractivity contribution in [2.75, 3.05) is 6.61 Å². The third-order valence-electron chi connectivity index (χ3n) is 5.85. The highest BCUT2D eigenvalue weighted by Crippen LogP contribution is 2.33. The second-order valence-electron chi connectivity index (χ2n) is 9.86. The van der Waals surface area contributed by atoms with E-state index in [1.807, 2.05) is 27.7 Å². The first-order valence-corrected chi connectivity index (χ1v) is 11.6. The van der Waals surface area contributed by atoms with Crippen LogP contribution in [0.4, 0.5) is 4.39 Å². The topological polar surface area (TPSA) is 68.6 Å². The number of halogens is 1. The molecule has 6 nitrogen and oxygen atoms in total. The Labute approximate surface area is 197 Å². The van der Waals surface area contributed by atoms with Crippen LogP contribution in [0.5, 0.6) is 5.75 Å². The Balaban J connectivity index is 1.93. The largest absolute Gasteiger partial charge is 0.491 e. The van der Waals surface area contributed by atoms with Gasteiger partial charge in [-0.25, -0.2) is 4.39 Å². The Bertz CT molecular complexity index is 1300. The van der Waals surface area contributed by atoms with Gasteiger partial charge in [-0.1, -0.05) is 46.2 Å². The fraction of sp³-hybridized carbons (Fsp3) is 0.370. The zero-order valence-electron chi connectivity index (χ0n) is 20.0. The lowest BCUT2D eigenvalue weighted by molar-refractivity contribution is 0.0636. The van der Waals surface area contributed by atoms with Crippen LogP contribution in [-0.2, 0) is 13.1 Å². The van der Waals surface area contributed by atoms with E-state index < -0.39 is 17.6 Å². The van der Waals surface area contributed by atoms with Crippen LogP contribution in [-0.4, -0.2) is 27.9 Å². The molecular formula is C27H29FN2O4. The van der Waals surface area contributed by atoms with Gasteiger partial charge in [-0.3, -0.25) is 19.3 Å². The van der Waals surface area contributed by atoms with Gasteiger partial charge in [0.2, 0.25) is 0 Å². The predicted molar refractivity (Wildman–Crippen MR) is 129 cm³/mol. The molecule has 0 radical (unpaired) electrons. The van der Waals surface area contributed by atoms with Gasteiger partial charge in [0, 0.05) is 11.9 Å². The molecule has 0 bridgehead atoms. The number of carbonyl (C=O) groups is 2. The maximum absolute atomic E-state index is 14.3. The summed E-state index contributed by atoms with van der Waals surface area (Å²) in [5, 5.41) is 0.682. The summed E-state index contributed by atoms with van der Waals surface area (Å²) in [6.45, 7) is 8.58. The number of ether oxygens (including phenoxy) is 1. The van der Waals surface area contributed by atoms with E-state index in [4.69, 9.17) is 4.74 Å². The minimum absolute atomic E-state index is 0.147. The number of rotatable bonds is 7. The third-order valence-corrected chi connectivity index (χ3v) is 5.85. The number of hydrogen-bond donors (Lipinski definition) is 0. The number of carbonyl (C=O) groups excluding carboxylic acids is 2. The highest BCUT2D eigenvalue weighted by atomic mass is 19.1. The highest BCUT2D eigenvalue weighted by Gasteiger charge is 2.37. The van der Waals surface area contributed by atoms with Crippen LogP contribution >= 0.6 is 0 Å². The van der Waals surface area contributed by atoms with Gasteiger partial charge in [0.1, 0.15) is 11.6 Å². The first-order chi connectivity index (χ1) is 16.1. The van der Waals surface area contributed by atoms with Crippen molar-refractivity contribution >= 4 is 22.6 Å². The van der Waals surface area contributed by atoms with Crippen LogP contribution in [0.25, 0.3) is 10.8 Å². The normalized spacial score (nSPS) is 13.6. The van der Waals surface area contributed by atoms with Gasteiger partial charge >= 0.3 is 0 Å². The summed E-state index contributed by atoms with van der Waals surface area (Å²) >= 11 is 0. The number of aromatic nitrogens is 1. The lowest BCUT2D eigenvalue weighted by atomic mass is 9.96. The molecule has 0 unspecified atom stereocenters. The van der Waals surface area contributed by atoms with Crippen molar-refractivity contribution in [3.05, 3.63) is 75.5 Å². The van der Waals surface area contributed by atoms with Crippen LogP contribution in [0.15, 0.2) is 47.3 Å². The van der Waals surface area contributed by atoms with Gasteiger partial charge in [-0.05, 0) is 42.2 Å². The second kappa shape index (κ2) is 9.05. The van der Waals surface area contributed by atoms with E-state index in [0.717, 1.165) is 17.7 Å². The van der Waals surface area contributed by atoms with Crippen LogP contribution in [0.2, 0.25) is 0 Å². The molecule has 2 amide bonds. The maximum atomic E-state index is 14.3. The minimum atomic E-state index is -0.493. The molecule has 2 heterocycles. The molecule has 0 N–H and O–H groups in total. The molecule has 1 aliphatic heterocycles. The number of amides is 2. The smallest absolute Gasteiger partial charge is 0.261 e. The Kier molecular flexibility index (Phi) is 6.30. The maximum Gasteiger partial charge on any atom is 0.261 e. The van der Waals surface area contributed by atoms with Crippen molar-refractivity contribution in [3.8, 4) is 5.75 Å². The Morgan fingerprint density at radius 3 is 2.18 bits per heavy atom. The van der Waals surface area contributed by atoms with Crippen molar-refractivity contribution in [3.63, 3.8) is 0 Å². The number of nitrogens with zero attached hydrogens (tertiary/aromatic N) is 2. The first kappa shape index (κ1) is 23.7. The molecule has 1 aliphatic rings.